The van der Waals surface area contributed by atoms with Crippen molar-refractivity contribution in [2.45, 2.75) is 6.10 Å². The van der Waals surface area contributed by atoms with Crippen LogP contribution in [0.25, 0.3) is 0 Å². The highest BCUT2D eigenvalue weighted by molar-refractivity contribution is 6.38. The van der Waals surface area contributed by atoms with Crippen molar-refractivity contribution in [2.75, 3.05) is 4.90 Å². The van der Waals surface area contributed by atoms with E-state index >= 15 is 0 Å². The van der Waals surface area contributed by atoms with E-state index in [0.717, 1.165) is 4.90 Å². The predicted octanol–water partition coefficient (Wildman–Crippen LogP) is 2.77. The largest absolute Gasteiger partial charge is 0.381 e. The van der Waals surface area contributed by atoms with Crippen molar-refractivity contribution in [3.63, 3.8) is 0 Å². The lowest BCUT2D eigenvalue weighted by Gasteiger charge is -2.15. The van der Waals surface area contributed by atoms with E-state index in [0.29, 0.717) is 22.0 Å². The lowest BCUT2D eigenvalue weighted by molar-refractivity contribution is -0.126. The van der Waals surface area contributed by atoms with Crippen molar-refractivity contribution in [3.05, 3.63) is 64.9 Å². The number of imide groups is 1. The van der Waals surface area contributed by atoms with E-state index in [9.17, 15) is 14.0 Å². The molecule has 1 saturated heterocycles. The molecule has 0 saturated carbocycles. The Bertz CT molecular complexity index is 882. The molecule has 0 bridgehead atoms. The Balaban J connectivity index is 1.73. The summed E-state index contributed by atoms with van der Waals surface area (Å²) < 4.78 is 13.1. The average Bonchev–Trinajstić information content (AvgIpc) is 3.10. The minimum absolute atomic E-state index is 0.294. The molecule has 5 nitrogen and oxygen atoms in total. The van der Waals surface area contributed by atoms with Gasteiger partial charge in [-0.15, -0.1) is 0 Å². The summed E-state index contributed by atoms with van der Waals surface area (Å²) in [5.74, 6) is -2.30. The van der Waals surface area contributed by atoms with Crippen molar-refractivity contribution >= 4 is 34.8 Å². The zero-order valence-electron chi connectivity index (χ0n) is 12.1. The molecule has 4 rings (SSSR count). The van der Waals surface area contributed by atoms with Gasteiger partial charge in [0, 0.05) is 10.6 Å². The zero-order chi connectivity index (χ0) is 16.8. The van der Waals surface area contributed by atoms with Crippen LogP contribution in [0.15, 0.2) is 53.7 Å². The minimum Gasteiger partial charge on any atom is -0.381 e. The lowest BCUT2D eigenvalue weighted by Crippen LogP contribution is -2.33. The molecule has 2 aromatic rings. The second-order valence-corrected chi connectivity index (χ2v) is 5.86. The average molecular weight is 345 g/mol. The Morgan fingerprint density at radius 1 is 1.04 bits per heavy atom. The maximum atomic E-state index is 13.1. The van der Waals surface area contributed by atoms with Crippen molar-refractivity contribution < 1.29 is 18.8 Å². The quantitative estimate of drug-likeness (QED) is 0.787. The van der Waals surface area contributed by atoms with Crippen LogP contribution in [0.4, 0.5) is 10.1 Å². The smallest absolute Gasteiger partial charge is 0.278 e. The molecule has 2 aliphatic heterocycles. The van der Waals surface area contributed by atoms with Gasteiger partial charge >= 0.3 is 0 Å². The molecule has 0 spiro atoms. The van der Waals surface area contributed by atoms with Gasteiger partial charge in [0.05, 0.1) is 5.69 Å². The van der Waals surface area contributed by atoms with Crippen molar-refractivity contribution in [2.24, 2.45) is 11.1 Å². The van der Waals surface area contributed by atoms with E-state index in [4.69, 9.17) is 16.4 Å². The van der Waals surface area contributed by atoms with E-state index in [1.807, 2.05) is 0 Å². The number of carbonyl (C=O) groups is 2. The third-order valence-electron chi connectivity index (χ3n) is 4.05. The number of hydrogen-bond donors (Lipinski definition) is 0. The van der Waals surface area contributed by atoms with Gasteiger partial charge in [-0.3, -0.25) is 9.59 Å². The molecule has 2 aliphatic rings. The summed E-state index contributed by atoms with van der Waals surface area (Å²) in [5.41, 5.74) is 1.17. The number of rotatable bonds is 2. The second kappa shape index (κ2) is 5.42. The standard InChI is InChI=1S/C17H10ClFN2O3/c18-12-4-2-1-3-11(12)14-13-15(24-20-14)17(23)21(16(13)22)10-7-5-9(19)6-8-10/h1-8,13,15H. The maximum absolute atomic E-state index is 13.1. The lowest BCUT2D eigenvalue weighted by atomic mass is 9.94. The number of nitrogens with zero attached hydrogens (tertiary/aromatic N) is 2. The summed E-state index contributed by atoms with van der Waals surface area (Å²) >= 11 is 6.16. The predicted molar refractivity (Wildman–Crippen MR) is 85.2 cm³/mol. The SMILES string of the molecule is O=C1C2ON=C(c3ccccc3Cl)C2C(=O)N1c1ccc(F)cc1. The number of anilines is 1. The van der Waals surface area contributed by atoms with Crippen molar-refractivity contribution in [1.29, 1.82) is 0 Å². The molecule has 2 unspecified atom stereocenters. The molecule has 24 heavy (non-hydrogen) atoms. The van der Waals surface area contributed by atoms with Gasteiger partial charge in [0.15, 0.2) is 0 Å². The van der Waals surface area contributed by atoms with E-state index in [-0.39, 0.29) is 0 Å². The topological polar surface area (TPSA) is 59.0 Å². The number of halogens is 2. The van der Waals surface area contributed by atoms with Crippen LogP contribution in [-0.4, -0.2) is 23.6 Å². The van der Waals surface area contributed by atoms with Gasteiger partial charge in [0.25, 0.3) is 5.91 Å². The Morgan fingerprint density at radius 3 is 2.46 bits per heavy atom. The Hall–Kier alpha value is -2.73. The van der Waals surface area contributed by atoms with Gasteiger partial charge in [0.2, 0.25) is 12.0 Å². The number of benzene rings is 2. The number of fused-ring (bicyclic) bond motifs is 1. The second-order valence-electron chi connectivity index (χ2n) is 5.45. The molecule has 1 fully saturated rings. The maximum Gasteiger partial charge on any atom is 0.278 e. The monoisotopic (exact) mass is 344 g/mol. The van der Waals surface area contributed by atoms with E-state index in [2.05, 4.69) is 5.16 Å². The highest BCUT2D eigenvalue weighted by Gasteiger charge is 2.56. The minimum atomic E-state index is -1.02. The van der Waals surface area contributed by atoms with Crippen LogP contribution in [0.5, 0.6) is 0 Å². The van der Waals surface area contributed by atoms with Gasteiger partial charge in [0.1, 0.15) is 17.4 Å². The van der Waals surface area contributed by atoms with Crippen LogP contribution in [0, 0.1) is 11.7 Å². The molecule has 7 heteroatoms. The Morgan fingerprint density at radius 2 is 1.75 bits per heavy atom. The molecule has 2 aromatic carbocycles. The van der Waals surface area contributed by atoms with Gasteiger partial charge in [-0.05, 0) is 30.3 Å². The van der Waals surface area contributed by atoms with E-state index in [1.54, 1.807) is 24.3 Å². The first kappa shape index (κ1) is 14.8. The molecule has 0 radical (unpaired) electrons. The first-order valence-corrected chi connectivity index (χ1v) is 7.57. The first-order chi connectivity index (χ1) is 11.6. The summed E-state index contributed by atoms with van der Waals surface area (Å²) in [5, 5.41) is 4.32. The highest BCUT2D eigenvalue weighted by Crippen LogP contribution is 2.36. The van der Waals surface area contributed by atoms with Crippen LogP contribution in [0.1, 0.15) is 5.56 Å². The molecule has 2 heterocycles. The molecule has 0 aliphatic carbocycles. The molecule has 0 aromatic heterocycles. The number of carbonyl (C=O) groups excluding carboxylic acids is 2. The van der Waals surface area contributed by atoms with Gasteiger partial charge in [-0.25, -0.2) is 9.29 Å². The Kier molecular flexibility index (Phi) is 3.35. The summed E-state index contributed by atoms with van der Waals surface area (Å²) in [4.78, 5) is 31.5. The molecular formula is C17H10ClFN2O3. The molecule has 2 amide bonds. The molecular weight excluding hydrogens is 335 g/mol. The van der Waals surface area contributed by atoms with E-state index in [1.165, 1.54) is 24.3 Å². The van der Waals surface area contributed by atoms with Crippen LogP contribution >= 0.6 is 11.6 Å². The van der Waals surface area contributed by atoms with Crippen LogP contribution < -0.4 is 4.90 Å². The summed E-state index contributed by atoms with van der Waals surface area (Å²) in [6.07, 6.45) is -1.02. The van der Waals surface area contributed by atoms with Crippen LogP contribution in [-0.2, 0) is 14.4 Å². The van der Waals surface area contributed by atoms with Gasteiger partial charge in [-0.2, -0.15) is 0 Å². The number of oxime groups is 1. The normalized spacial score (nSPS) is 22.4. The third-order valence-corrected chi connectivity index (χ3v) is 4.38. The fourth-order valence-corrected chi connectivity index (χ4v) is 3.15. The van der Waals surface area contributed by atoms with Crippen molar-refractivity contribution in [3.8, 4) is 0 Å². The number of amides is 2. The molecule has 2 atom stereocenters. The highest BCUT2D eigenvalue weighted by atomic mass is 35.5. The summed E-state index contributed by atoms with van der Waals surface area (Å²) in [6, 6.07) is 12.0. The van der Waals surface area contributed by atoms with Crippen molar-refractivity contribution in [1.82, 2.24) is 0 Å². The molecule has 0 N–H and O–H groups in total. The summed E-state index contributed by atoms with van der Waals surface area (Å²) in [6.45, 7) is 0. The molecule has 120 valence electrons. The third kappa shape index (κ3) is 2.11. The van der Waals surface area contributed by atoms with Gasteiger partial charge < -0.3 is 4.84 Å². The number of hydrogen-bond acceptors (Lipinski definition) is 4. The Labute approximate surface area is 141 Å². The van der Waals surface area contributed by atoms with Gasteiger partial charge in [-0.1, -0.05) is 35.0 Å². The fraction of sp³-hybridized carbons (Fsp3) is 0.118. The first-order valence-electron chi connectivity index (χ1n) is 7.20. The fourth-order valence-electron chi connectivity index (χ4n) is 2.91. The summed E-state index contributed by atoms with van der Waals surface area (Å²) in [7, 11) is 0. The van der Waals surface area contributed by atoms with Crippen LogP contribution in [0.3, 0.4) is 0 Å². The van der Waals surface area contributed by atoms with E-state index < -0.39 is 29.7 Å². The van der Waals surface area contributed by atoms with Crippen LogP contribution in [0.2, 0.25) is 5.02 Å². The zero-order valence-corrected chi connectivity index (χ0v) is 12.9.